The van der Waals surface area contributed by atoms with Gasteiger partial charge in [-0.05, 0) is 32.9 Å². The third kappa shape index (κ3) is 4.69. The van der Waals surface area contributed by atoms with Crippen LogP contribution in [0, 0.1) is 0 Å². The molecule has 0 fully saturated rings. The molecule has 4 nitrogen and oxygen atoms in total. The van der Waals surface area contributed by atoms with Gasteiger partial charge in [-0.2, -0.15) is 0 Å². The smallest absolute Gasteiger partial charge is 0.122 e. The van der Waals surface area contributed by atoms with Gasteiger partial charge in [0.25, 0.3) is 0 Å². The molecule has 0 radical (unpaired) electrons. The van der Waals surface area contributed by atoms with Gasteiger partial charge in [-0.15, -0.1) is 0 Å². The monoisotopic (exact) mass is 280 g/mol. The van der Waals surface area contributed by atoms with E-state index in [0.29, 0.717) is 12.4 Å². The molecule has 0 aliphatic carbocycles. The number of hydrogen-bond donors (Lipinski definition) is 2. The van der Waals surface area contributed by atoms with Gasteiger partial charge < -0.3 is 20.1 Å². The van der Waals surface area contributed by atoms with Crippen LogP contribution in [0.4, 0.5) is 5.69 Å². The zero-order valence-electron chi connectivity index (χ0n) is 13.1. The first-order valence-electron chi connectivity index (χ1n) is 7.44. The number of nitrogens with zero attached hydrogens (tertiary/aromatic N) is 1. The molecule has 1 unspecified atom stereocenters. The van der Waals surface area contributed by atoms with E-state index < -0.39 is 0 Å². The molecular weight excluding hydrogens is 252 g/mol. The van der Waals surface area contributed by atoms with Gasteiger partial charge in [-0.25, -0.2) is 0 Å². The van der Waals surface area contributed by atoms with E-state index in [1.165, 1.54) is 0 Å². The normalized spacial score (nSPS) is 12.4. The van der Waals surface area contributed by atoms with Crippen LogP contribution >= 0.6 is 0 Å². The van der Waals surface area contributed by atoms with Crippen LogP contribution < -0.4 is 10.2 Å². The van der Waals surface area contributed by atoms with Crippen molar-refractivity contribution < 1.29 is 9.84 Å². The van der Waals surface area contributed by atoms with Crippen molar-refractivity contribution in [3.8, 4) is 5.75 Å². The Hall–Kier alpha value is -1.26. The molecule has 0 bridgehead atoms. The minimum Gasteiger partial charge on any atom is -0.508 e. The van der Waals surface area contributed by atoms with Crippen molar-refractivity contribution in [3.63, 3.8) is 0 Å². The maximum Gasteiger partial charge on any atom is 0.122 e. The molecule has 0 amide bonds. The van der Waals surface area contributed by atoms with E-state index in [0.717, 1.165) is 37.3 Å². The van der Waals surface area contributed by atoms with Gasteiger partial charge in [0.05, 0.1) is 6.61 Å². The summed E-state index contributed by atoms with van der Waals surface area (Å²) in [6.45, 7) is 9.68. The Morgan fingerprint density at radius 1 is 1.35 bits per heavy atom. The number of nitrogens with one attached hydrogen (secondary N) is 1. The minimum absolute atomic E-state index is 0.165. The number of likely N-dealkylation sites (N-methyl/N-ethyl adjacent to an activating group) is 1. The van der Waals surface area contributed by atoms with E-state index in [1.54, 1.807) is 7.11 Å². The first-order chi connectivity index (χ1) is 9.63. The summed E-state index contributed by atoms with van der Waals surface area (Å²) in [6.07, 6.45) is 1.09. The predicted molar refractivity (Wildman–Crippen MR) is 84.6 cm³/mol. The van der Waals surface area contributed by atoms with Gasteiger partial charge in [0.1, 0.15) is 5.75 Å². The van der Waals surface area contributed by atoms with Gasteiger partial charge in [0.2, 0.25) is 0 Å². The largest absolute Gasteiger partial charge is 0.508 e. The number of rotatable bonds is 9. The van der Waals surface area contributed by atoms with Crippen molar-refractivity contribution in [2.75, 3.05) is 38.3 Å². The molecule has 0 spiro atoms. The number of benzene rings is 1. The molecule has 0 aliphatic heterocycles. The molecule has 20 heavy (non-hydrogen) atoms. The van der Waals surface area contributed by atoms with Crippen molar-refractivity contribution >= 4 is 5.69 Å². The Kier molecular flexibility index (Phi) is 7.41. The number of ether oxygens (including phenoxy) is 1. The van der Waals surface area contributed by atoms with Crippen LogP contribution in [0.1, 0.15) is 38.8 Å². The number of aromatic hydroxyl groups is 1. The quantitative estimate of drug-likeness (QED) is 0.730. The highest BCUT2D eigenvalue weighted by atomic mass is 16.5. The Labute approximate surface area is 122 Å². The SMILES string of the molecule is CCCNC(C)c1ccc(N(CC)CCOC)cc1O. The summed E-state index contributed by atoms with van der Waals surface area (Å²) in [5, 5.41) is 13.6. The number of hydrogen-bond acceptors (Lipinski definition) is 4. The van der Waals surface area contributed by atoms with E-state index in [9.17, 15) is 5.11 Å². The highest BCUT2D eigenvalue weighted by molar-refractivity contribution is 5.54. The van der Waals surface area contributed by atoms with E-state index in [2.05, 4.69) is 37.1 Å². The van der Waals surface area contributed by atoms with Crippen LogP contribution in [0.25, 0.3) is 0 Å². The Morgan fingerprint density at radius 2 is 2.10 bits per heavy atom. The second-order valence-electron chi connectivity index (χ2n) is 4.99. The van der Waals surface area contributed by atoms with Gasteiger partial charge in [0, 0.05) is 43.6 Å². The van der Waals surface area contributed by atoms with Gasteiger partial charge in [-0.3, -0.25) is 0 Å². The number of phenolic OH excluding ortho intramolecular Hbond substituents is 1. The molecule has 1 aromatic carbocycles. The summed E-state index contributed by atoms with van der Waals surface area (Å²) in [5.74, 6) is 0.356. The molecule has 2 N–H and O–H groups in total. The summed E-state index contributed by atoms with van der Waals surface area (Å²) >= 11 is 0. The fourth-order valence-corrected chi connectivity index (χ4v) is 2.24. The van der Waals surface area contributed by atoms with Crippen LogP contribution in [0.3, 0.4) is 0 Å². The lowest BCUT2D eigenvalue weighted by Gasteiger charge is -2.24. The van der Waals surface area contributed by atoms with Crippen LogP contribution in [0.15, 0.2) is 18.2 Å². The Bertz CT molecular complexity index is 396. The van der Waals surface area contributed by atoms with Crippen molar-refractivity contribution in [2.24, 2.45) is 0 Å². The third-order valence-corrected chi connectivity index (χ3v) is 3.49. The molecule has 0 saturated heterocycles. The van der Waals surface area contributed by atoms with Crippen LogP contribution in [-0.2, 0) is 4.74 Å². The molecule has 0 aromatic heterocycles. The zero-order valence-corrected chi connectivity index (χ0v) is 13.1. The minimum atomic E-state index is 0.165. The molecule has 1 aromatic rings. The summed E-state index contributed by atoms with van der Waals surface area (Å²) in [7, 11) is 1.70. The standard InChI is InChI=1S/C16H28N2O2/c1-5-9-17-13(3)15-8-7-14(12-16(15)19)18(6-2)10-11-20-4/h7-8,12-13,17,19H,5-6,9-11H2,1-4H3. The molecule has 0 heterocycles. The van der Waals surface area contributed by atoms with Crippen molar-refractivity contribution in [2.45, 2.75) is 33.2 Å². The third-order valence-electron chi connectivity index (χ3n) is 3.49. The first-order valence-corrected chi connectivity index (χ1v) is 7.44. The number of methoxy groups -OCH3 is 1. The first kappa shape index (κ1) is 16.8. The maximum absolute atomic E-state index is 10.2. The molecular formula is C16H28N2O2. The molecule has 1 rings (SSSR count). The summed E-state index contributed by atoms with van der Waals surface area (Å²) < 4.78 is 5.12. The molecule has 4 heteroatoms. The Balaban J connectivity index is 2.80. The van der Waals surface area contributed by atoms with E-state index in [1.807, 2.05) is 12.1 Å². The van der Waals surface area contributed by atoms with Crippen molar-refractivity contribution in [1.29, 1.82) is 0 Å². The van der Waals surface area contributed by atoms with Crippen LogP contribution in [-0.4, -0.2) is 38.5 Å². The molecule has 0 saturated carbocycles. The molecule has 114 valence electrons. The topological polar surface area (TPSA) is 44.7 Å². The van der Waals surface area contributed by atoms with Crippen LogP contribution in [0.2, 0.25) is 0 Å². The second-order valence-corrected chi connectivity index (χ2v) is 4.99. The Morgan fingerprint density at radius 3 is 2.65 bits per heavy atom. The van der Waals surface area contributed by atoms with Crippen molar-refractivity contribution in [3.05, 3.63) is 23.8 Å². The fourth-order valence-electron chi connectivity index (χ4n) is 2.24. The zero-order chi connectivity index (χ0) is 15.0. The summed E-state index contributed by atoms with van der Waals surface area (Å²) in [5.41, 5.74) is 1.98. The molecule has 1 atom stereocenters. The lowest BCUT2D eigenvalue weighted by atomic mass is 10.1. The highest BCUT2D eigenvalue weighted by Gasteiger charge is 2.12. The second kappa shape index (κ2) is 8.82. The fraction of sp³-hybridized carbons (Fsp3) is 0.625. The number of phenols is 1. The lowest BCUT2D eigenvalue weighted by molar-refractivity contribution is 0.205. The van der Waals surface area contributed by atoms with E-state index in [4.69, 9.17) is 4.74 Å². The molecule has 0 aliphatic rings. The summed E-state index contributed by atoms with van der Waals surface area (Å²) in [6, 6.07) is 6.09. The van der Waals surface area contributed by atoms with Crippen molar-refractivity contribution in [1.82, 2.24) is 5.32 Å². The van der Waals surface area contributed by atoms with E-state index in [-0.39, 0.29) is 6.04 Å². The lowest BCUT2D eigenvalue weighted by Crippen LogP contribution is -2.27. The van der Waals surface area contributed by atoms with Gasteiger partial charge in [0.15, 0.2) is 0 Å². The van der Waals surface area contributed by atoms with Gasteiger partial charge in [-0.1, -0.05) is 13.0 Å². The highest BCUT2D eigenvalue weighted by Crippen LogP contribution is 2.29. The number of anilines is 1. The maximum atomic E-state index is 10.2. The summed E-state index contributed by atoms with van der Waals surface area (Å²) in [4.78, 5) is 2.19. The van der Waals surface area contributed by atoms with E-state index >= 15 is 0 Å². The average molecular weight is 280 g/mol. The van der Waals surface area contributed by atoms with Gasteiger partial charge >= 0.3 is 0 Å². The predicted octanol–water partition coefficient (Wildman–Crippen LogP) is 2.93. The average Bonchev–Trinajstić information content (AvgIpc) is 2.45. The van der Waals surface area contributed by atoms with Crippen LogP contribution in [0.5, 0.6) is 5.75 Å².